The van der Waals surface area contributed by atoms with Gasteiger partial charge in [-0.3, -0.25) is 0 Å². The summed E-state index contributed by atoms with van der Waals surface area (Å²) in [5, 5.41) is 0. The van der Waals surface area contributed by atoms with E-state index in [9.17, 15) is 9.45 Å². The van der Waals surface area contributed by atoms with Gasteiger partial charge in [-0.2, -0.15) is 4.29 Å². The van der Waals surface area contributed by atoms with Crippen LogP contribution in [0.3, 0.4) is 0 Å². The highest BCUT2D eigenvalue weighted by molar-refractivity contribution is 5.71. The van der Waals surface area contributed by atoms with Gasteiger partial charge in [-0.05, 0) is 5.56 Å². The largest absolute Gasteiger partial charge is 0.495 e. The van der Waals surface area contributed by atoms with Crippen LogP contribution in [0.1, 0.15) is 5.56 Å². The van der Waals surface area contributed by atoms with E-state index in [0.29, 0.717) is 0 Å². The van der Waals surface area contributed by atoms with E-state index in [1.807, 2.05) is 18.2 Å². The number of benzene rings is 1. The van der Waals surface area contributed by atoms with Crippen molar-refractivity contribution in [3.8, 4) is 0 Å². The third kappa shape index (κ3) is 2.90. The van der Waals surface area contributed by atoms with E-state index in [0.717, 1.165) is 5.56 Å². The Bertz CT molecular complexity index is 248. The molecule has 0 aliphatic rings. The zero-order chi connectivity index (χ0) is 8.81. The lowest BCUT2D eigenvalue weighted by molar-refractivity contribution is -1.26. The number of rotatable bonds is 3. The standard InChI is InChI=1S/C8H7ClO3/c10-8(12-9-11)6-7-4-2-1-3-5-7/h1-5H,6H2. The fourth-order valence-electron chi connectivity index (χ4n) is 0.825. The zero-order valence-corrected chi connectivity index (χ0v) is 6.95. The second-order valence-corrected chi connectivity index (χ2v) is 2.45. The molecule has 0 radical (unpaired) electrons. The SMILES string of the molecule is O=C(Cc1ccccc1)O[Cl+][O-]. The highest BCUT2D eigenvalue weighted by Gasteiger charge is 2.08. The van der Waals surface area contributed by atoms with Gasteiger partial charge in [-0.1, -0.05) is 30.3 Å². The second kappa shape index (κ2) is 4.74. The van der Waals surface area contributed by atoms with E-state index in [4.69, 9.17) is 0 Å². The maximum absolute atomic E-state index is 10.8. The van der Waals surface area contributed by atoms with Crippen molar-refractivity contribution >= 4 is 5.97 Å². The van der Waals surface area contributed by atoms with Crippen molar-refractivity contribution in [3.63, 3.8) is 0 Å². The van der Waals surface area contributed by atoms with Crippen molar-refractivity contribution < 1.29 is 25.1 Å². The summed E-state index contributed by atoms with van der Waals surface area (Å²) >= 11 is 0.249. The first-order valence-corrected chi connectivity index (χ1v) is 3.95. The maximum Gasteiger partial charge on any atom is 0.396 e. The zero-order valence-electron chi connectivity index (χ0n) is 6.20. The molecule has 4 heteroatoms. The molecule has 0 spiro atoms. The molecule has 64 valence electrons. The van der Waals surface area contributed by atoms with Crippen LogP contribution in [-0.2, 0) is 15.5 Å². The topological polar surface area (TPSA) is 49.4 Å². The van der Waals surface area contributed by atoms with Gasteiger partial charge < -0.3 is 4.66 Å². The molecule has 0 amide bonds. The van der Waals surface area contributed by atoms with Crippen LogP contribution < -0.4 is 4.66 Å². The third-order valence-electron chi connectivity index (χ3n) is 1.31. The molecule has 0 N–H and O–H groups in total. The minimum atomic E-state index is -0.537. The number of halogens is 1. The second-order valence-electron chi connectivity index (χ2n) is 2.17. The maximum atomic E-state index is 10.8. The fourth-order valence-corrected chi connectivity index (χ4v) is 0.950. The average Bonchev–Trinajstić information content (AvgIpc) is 2.06. The first-order chi connectivity index (χ1) is 5.83. The van der Waals surface area contributed by atoms with Crippen LogP contribution in [-0.4, -0.2) is 5.97 Å². The van der Waals surface area contributed by atoms with Crippen molar-refractivity contribution in [2.24, 2.45) is 0 Å². The predicted octanol–water partition coefficient (Wildman–Crippen LogP) is 0.0476. The highest BCUT2D eigenvalue weighted by atomic mass is 35.6. The van der Waals surface area contributed by atoms with Gasteiger partial charge in [0, 0.05) is 0 Å². The fraction of sp³-hybridized carbons (Fsp3) is 0.125. The molecule has 1 aromatic carbocycles. The summed E-state index contributed by atoms with van der Waals surface area (Å²) in [5.41, 5.74) is 0.835. The molecule has 0 atom stereocenters. The summed E-state index contributed by atoms with van der Waals surface area (Å²) in [6.45, 7) is 0. The van der Waals surface area contributed by atoms with Crippen molar-refractivity contribution in [2.45, 2.75) is 6.42 Å². The summed E-state index contributed by atoms with van der Waals surface area (Å²) < 4.78 is 13.9. The van der Waals surface area contributed by atoms with Gasteiger partial charge in [0.15, 0.2) is 0 Å². The molecule has 0 saturated heterocycles. The monoisotopic (exact) mass is 186 g/mol. The Labute approximate surface area is 74.0 Å². The molecule has 0 aliphatic heterocycles. The van der Waals surface area contributed by atoms with Crippen molar-refractivity contribution in [1.29, 1.82) is 0 Å². The summed E-state index contributed by atoms with van der Waals surface area (Å²) in [6.07, 6.45) is 0.135. The van der Waals surface area contributed by atoms with Gasteiger partial charge in [0.2, 0.25) is 0 Å². The van der Waals surface area contributed by atoms with E-state index in [1.54, 1.807) is 12.1 Å². The van der Waals surface area contributed by atoms with Gasteiger partial charge in [-0.15, -0.1) is 0 Å². The van der Waals surface area contributed by atoms with Crippen LogP contribution in [0, 0.1) is 11.3 Å². The molecule has 12 heavy (non-hydrogen) atoms. The van der Waals surface area contributed by atoms with Gasteiger partial charge in [0.25, 0.3) is 0 Å². The van der Waals surface area contributed by atoms with Gasteiger partial charge in [-0.25, -0.2) is 4.79 Å². The summed E-state index contributed by atoms with van der Waals surface area (Å²) in [5.74, 6) is -0.537. The van der Waals surface area contributed by atoms with E-state index in [2.05, 4.69) is 4.29 Å². The van der Waals surface area contributed by atoms with Gasteiger partial charge >= 0.3 is 17.3 Å². The van der Waals surface area contributed by atoms with Crippen LogP contribution in [0.15, 0.2) is 30.3 Å². The molecule has 0 bridgehead atoms. The predicted molar refractivity (Wildman–Crippen MR) is 36.2 cm³/mol. The third-order valence-corrected chi connectivity index (χ3v) is 1.54. The Morgan fingerprint density at radius 1 is 1.42 bits per heavy atom. The molecular weight excluding hydrogens is 180 g/mol. The van der Waals surface area contributed by atoms with E-state index < -0.39 is 5.97 Å². The Balaban J connectivity index is 2.47. The Morgan fingerprint density at radius 2 is 2.08 bits per heavy atom. The van der Waals surface area contributed by atoms with Crippen molar-refractivity contribution in [2.75, 3.05) is 0 Å². The highest BCUT2D eigenvalue weighted by Crippen LogP contribution is 2.00. The molecule has 3 nitrogen and oxygen atoms in total. The van der Waals surface area contributed by atoms with Crippen LogP contribution in [0.25, 0.3) is 0 Å². The van der Waals surface area contributed by atoms with Crippen molar-refractivity contribution in [3.05, 3.63) is 35.9 Å². The molecule has 0 unspecified atom stereocenters. The molecule has 0 fully saturated rings. The minimum absolute atomic E-state index is 0.135. The quantitative estimate of drug-likeness (QED) is 0.670. The summed E-state index contributed by atoms with van der Waals surface area (Å²) in [7, 11) is 0. The van der Waals surface area contributed by atoms with Crippen LogP contribution in [0.2, 0.25) is 0 Å². The molecule has 0 heterocycles. The average molecular weight is 187 g/mol. The summed E-state index contributed by atoms with van der Waals surface area (Å²) in [6, 6.07) is 9.09. The molecule has 1 rings (SSSR count). The Morgan fingerprint density at radius 3 is 2.67 bits per heavy atom. The molecule has 1 aromatic rings. The lowest BCUT2D eigenvalue weighted by atomic mass is 10.2. The molecular formula is C8H7ClO3. The van der Waals surface area contributed by atoms with E-state index >= 15 is 0 Å². The van der Waals surface area contributed by atoms with Gasteiger partial charge in [0.1, 0.15) is 0 Å². The first-order valence-electron chi connectivity index (χ1n) is 3.33. The summed E-state index contributed by atoms with van der Waals surface area (Å²) in [4.78, 5) is 10.8. The van der Waals surface area contributed by atoms with Crippen LogP contribution in [0.4, 0.5) is 0 Å². The minimum Gasteiger partial charge on any atom is -0.495 e. The molecule has 0 aromatic heterocycles. The number of carbonyl (C=O) groups is 1. The Kier molecular flexibility index (Phi) is 3.57. The lowest BCUT2D eigenvalue weighted by Gasteiger charge is -1.93. The first kappa shape index (κ1) is 9.03. The number of carbonyl (C=O) groups excluding carboxylic acids is 1. The smallest absolute Gasteiger partial charge is 0.396 e. The number of hydrogen-bond donors (Lipinski definition) is 0. The van der Waals surface area contributed by atoms with Gasteiger partial charge in [0.05, 0.1) is 6.42 Å². The van der Waals surface area contributed by atoms with Crippen LogP contribution in [0.5, 0.6) is 0 Å². The lowest BCUT2D eigenvalue weighted by Crippen LogP contribution is -2.13. The number of hydrogen-bond acceptors (Lipinski definition) is 3. The molecule has 0 aliphatic carbocycles. The normalized spacial score (nSPS) is 9.42. The van der Waals surface area contributed by atoms with Crippen LogP contribution >= 0.6 is 0 Å². The Hall–Kier alpha value is -1.06. The van der Waals surface area contributed by atoms with E-state index in [1.165, 1.54) is 0 Å². The van der Waals surface area contributed by atoms with E-state index in [-0.39, 0.29) is 17.7 Å². The molecule has 0 saturated carbocycles. The van der Waals surface area contributed by atoms with Crippen molar-refractivity contribution in [1.82, 2.24) is 0 Å².